The fourth-order valence-corrected chi connectivity index (χ4v) is 2.98. The molecule has 6 heteroatoms. The molecule has 1 heterocycles. The molecule has 0 aliphatic rings. The molecule has 1 aromatic heterocycles. The Balaban J connectivity index is 1.60. The van der Waals surface area contributed by atoms with Crippen LogP contribution in [0.4, 0.5) is 5.82 Å². The predicted octanol–water partition coefficient (Wildman–Crippen LogP) is 4.78. The standard InChI is InChI=1S/C21H19BrN2O3/c22-18-7-8-19(27-14-15-4-2-1-3-5-15)16(12-18)10-11-23-20-9-6-17(13-24-20)21(25)26/h1-9,12-13H,10-11,14H2,(H,23,24)(H,25,26). The lowest BCUT2D eigenvalue weighted by Gasteiger charge is -2.13. The number of nitrogens with zero attached hydrogens (tertiary/aromatic N) is 1. The Morgan fingerprint density at radius 1 is 1.11 bits per heavy atom. The van der Waals surface area contributed by atoms with Gasteiger partial charge in [-0.1, -0.05) is 46.3 Å². The molecule has 0 radical (unpaired) electrons. The van der Waals surface area contributed by atoms with E-state index in [0.29, 0.717) is 19.0 Å². The molecule has 0 amide bonds. The molecular formula is C21H19BrN2O3. The van der Waals surface area contributed by atoms with Crippen LogP contribution < -0.4 is 10.1 Å². The summed E-state index contributed by atoms with van der Waals surface area (Å²) in [5.74, 6) is 0.503. The van der Waals surface area contributed by atoms with E-state index < -0.39 is 5.97 Å². The van der Waals surface area contributed by atoms with Crippen LogP contribution in [0.1, 0.15) is 21.5 Å². The molecule has 3 aromatic rings. The molecule has 0 aliphatic heterocycles. The number of carboxylic acids is 1. The minimum Gasteiger partial charge on any atom is -0.489 e. The van der Waals surface area contributed by atoms with Gasteiger partial charge in [-0.15, -0.1) is 0 Å². The van der Waals surface area contributed by atoms with Gasteiger partial charge in [-0.2, -0.15) is 0 Å². The second kappa shape index (κ2) is 9.19. The van der Waals surface area contributed by atoms with Crippen molar-refractivity contribution in [2.24, 2.45) is 0 Å². The van der Waals surface area contributed by atoms with Crippen LogP contribution in [0.25, 0.3) is 0 Å². The highest BCUT2D eigenvalue weighted by atomic mass is 79.9. The van der Waals surface area contributed by atoms with Crippen LogP contribution in [0.3, 0.4) is 0 Å². The second-order valence-corrected chi connectivity index (χ2v) is 6.86. The van der Waals surface area contributed by atoms with E-state index in [9.17, 15) is 4.79 Å². The van der Waals surface area contributed by atoms with Crippen molar-refractivity contribution in [2.45, 2.75) is 13.0 Å². The van der Waals surface area contributed by atoms with Crippen molar-refractivity contribution in [3.8, 4) is 5.75 Å². The largest absolute Gasteiger partial charge is 0.489 e. The normalized spacial score (nSPS) is 10.4. The third-order valence-corrected chi connectivity index (χ3v) is 4.46. The minimum absolute atomic E-state index is 0.170. The van der Waals surface area contributed by atoms with Gasteiger partial charge in [0.25, 0.3) is 0 Å². The van der Waals surface area contributed by atoms with E-state index in [1.807, 2.05) is 48.5 Å². The van der Waals surface area contributed by atoms with Gasteiger partial charge in [0.2, 0.25) is 0 Å². The Kier molecular flexibility index (Phi) is 6.44. The minimum atomic E-state index is -0.983. The van der Waals surface area contributed by atoms with E-state index in [1.165, 1.54) is 12.3 Å². The monoisotopic (exact) mass is 426 g/mol. The molecule has 5 nitrogen and oxygen atoms in total. The predicted molar refractivity (Wildman–Crippen MR) is 108 cm³/mol. The Morgan fingerprint density at radius 3 is 2.63 bits per heavy atom. The Morgan fingerprint density at radius 2 is 1.93 bits per heavy atom. The van der Waals surface area contributed by atoms with Gasteiger partial charge in [-0.05, 0) is 47.9 Å². The maximum Gasteiger partial charge on any atom is 0.337 e. The summed E-state index contributed by atoms with van der Waals surface area (Å²) in [6, 6.07) is 19.2. The summed E-state index contributed by atoms with van der Waals surface area (Å²) in [7, 11) is 0. The number of halogens is 1. The van der Waals surface area contributed by atoms with Gasteiger partial charge in [0.15, 0.2) is 0 Å². The number of nitrogens with one attached hydrogen (secondary N) is 1. The van der Waals surface area contributed by atoms with E-state index in [2.05, 4.69) is 26.2 Å². The zero-order chi connectivity index (χ0) is 19.1. The lowest BCUT2D eigenvalue weighted by Crippen LogP contribution is -2.08. The van der Waals surface area contributed by atoms with Crippen molar-refractivity contribution >= 4 is 27.7 Å². The number of carboxylic acid groups (broad SMARTS) is 1. The van der Waals surface area contributed by atoms with Gasteiger partial charge >= 0.3 is 5.97 Å². The van der Waals surface area contributed by atoms with E-state index in [4.69, 9.17) is 9.84 Å². The third-order valence-electron chi connectivity index (χ3n) is 3.97. The number of ether oxygens (including phenoxy) is 1. The molecule has 0 bridgehead atoms. The average Bonchev–Trinajstić information content (AvgIpc) is 2.68. The third kappa shape index (κ3) is 5.56. The number of anilines is 1. The van der Waals surface area contributed by atoms with Crippen molar-refractivity contribution < 1.29 is 14.6 Å². The molecule has 3 rings (SSSR count). The number of aromatic nitrogens is 1. The Labute approximate surface area is 166 Å². The maximum atomic E-state index is 10.9. The van der Waals surface area contributed by atoms with Gasteiger partial charge in [-0.3, -0.25) is 0 Å². The number of pyridine rings is 1. The zero-order valence-electron chi connectivity index (χ0n) is 14.6. The molecule has 0 unspecified atom stereocenters. The average molecular weight is 427 g/mol. The van der Waals surface area contributed by atoms with Gasteiger partial charge in [0, 0.05) is 17.2 Å². The second-order valence-electron chi connectivity index (χ2n) is 5.94. The Bertz CT molecular complexity index is 899. The quantitative estimate of drug-likeness (QED) is 0.542. The van der Waals surface area contributed by atoms with Crippen molar-refractivity contribution in [3.05, 3.63) is 88.0 Å². The maximum absolute atomic E-state index is 10.9. The number of carbonyl (C=O) groups is 1. The molecule has 27 heavy (non-hydrogen) atoms. The number of benzene rings is 2. The Hall–Kier alpha value is -2.86. The molecule has 0 fully saturated rings. The van der Waals surface area contributed by atoms with E-state index in [1.54, 1.807) is 6.07 Å². The lowest BCUT2D eigenvalue weighted by atomic mass is 10.1. The highest BCUT2D eigenvalue weighted by Crippen LogP contribution is 2.25. The van der Waals surface area contributed by atoms with Crippen molar-refractivity contribution in [3.63, 3.8) is 0 Å². The smallest absolute Gasteiger partial charge is 0.337 e. The van der Waals surface area contributed by atoms with E-state index in [-0.39, 0.29) is 5.56 Å². The van der Waals surface area contributed by atoms with E-state index >= 15 is 0 Å². The first-order valence-electron chi connectivity index (χ1n) is 8.50. The van der Waals surface area contributed by atoms with Crippen molar-refractivity contribution in [2.75, 3.05) is 11.9 Å². The van der Waals surface area contributed by atoms with Gasteiger partial charge < -0.3 is 15.2 Å². The fourth-order valence-electron chi connectivity index (χ4n) is 2.57. The number of rotatable bonds is 8. The molecule has 0 saturated heterocycles. The first-order valence-corrected chi connectivity index (χ1v) is 9.29. The van der Waals surface area contributed by atoms with Crippen LogP contribution in [-0.4, -0.2) is 22.6 Å². The highest BCUT2D eigenvalue weighted by molar-refractivity contribution is 9.10. The highest BCUT2D eigenvalue weighted by Gasteiger charge is 2.07. The van der Waals surface area contributed by atoms with Crippen LogP contribution in [0.15, 0.2) is 71.3 Å². The molecule has 138 valence electrons. The van der Waals surface area contributed by atoms with Crippen LogP contribution in [0.2, 0.25) is 0 Å². The molecule has 0 aliphatic carbocycles. The number of hydrogen-bond acceptors (Lipinski definition) is 4. The van der Waals surface area contributed by atoms with Crippen molar-refractivity contribution in [1.82, 2.24) is 4.98 Å². The molecule has 2 aromatic carbocycles. The van der Waals surface area contributed by atoms with Crippen molar-refractivity contribution in [1.29, 1.82) is 0 Å². The van der Waals surface area contributed by atoms with Gasteiger partial charge in [0.1, 0.15) is 18.2 Å². The summed E-state index contributed by atoms with van der Waals surface area (Å²) in [4.78, 5) is 15.0. The van der Waals surface area contributed by atoms with Crippen LogP contribution in [-0.2, 0) is 13.0 Å². The molecule has 0 saturated carbocycles. The van der Waals surface area contributed by atoms with E-state index in [0.717, 1.165) is 27.8 Å². The number of aromatic carboxylic acids is 1. The first-order chi connectivity index (χ1) is 13.1. The SMILES string of the molecule is O=C(O)c1ccc(NCCc2cc(Br)ccc2OCc2ccccc2)nc1. The summed E-state index contributed by atoms with van der Waals surface area (Å²) in [5.41, 5.74) is 2.37. The topological polar surface area (TPSA) is 71.5 Å². The fraction of sp³-hybridized carbons (Fsp3) is 0.143. The van der Waals surface area contributed by atoms with Crippen LogP contribution in [0, 0.1) is 0 Å². The number of hydrogen-bond donors (Lipinski definition) is 2. The molecular weight excluding hydrogens is 408 g/mol. The van der Waals surface area contributed by atoms with Gasteiger partial charge in [0.05, 0.1) is 5.56 Å². The van der Waals surface area contributed by atoms with Crippen LogP contribution in [0.5, 0.6) is 5.75 Å². The molecule has 0 atom stereocenters. The summed E-state index contributed by atoms with van der Waals surface area (Å²) in [5, 5.41) is 12.1. The summed E-state index contributed by atoms with van der Waals surface area (Å²) in [6.45, 7) is 1.17. The van der Waals surface area contributed by atoms with Gasteiger partial charge in [-0.25, -0.2) is 9.78 Å². The summed E-state index contributed by atoms with van der Waals surface area (Å²) in [6.07, 6.45) is 2.09. The zero-order valence-corrected chi connectivity index (χ0v) is 16.1. The first kappa shape index (κ1) is 18.9. The molecule has 2 N–H and O–H groups in total. The summed E-state index contributed by atoms with van der Waals surface area (Å²) < 4.78 is 6.99. The summed E-state index contributed by atoms with van der Waals surface area (Å²) >= 11 is 3.51. The van der Waals surface area contributed by atoms with Crippen LogP contribution >= 0.6 is 15.9 Å². The molecule has 0 spiro atoms. The lowest BCUT2D eigenvalue weighted by molar-refractivity contribution is 0.0696.